The van der Waals surface area contributed by atoms with E-state index in [-0.39, 0.29) is 18.8 Å². The standard InChI is InChI=1S/C10H13F3N2S/c11-10(12,13)7-3-1-2-6(4-7)8-5-16-9(14)15-8/h5-7H,1-4H2,(H2,14,15)/t6-,7+/m1/s1. The number of thiazole rings is 1. The molecule has 1 fully saturated rings. The molecule has 16 heavy (non-hydrogen) atoms. The quantitative estimate of drug-likeness (QED) is 0.827. The van der Waals surface area contributed by atoms with Crippen molar-refractivity contribution in [3.05, 3.63) is 11.1 Å². The highest BCUT2D eigenvalue weighted by atomic mass is 32.1. The first kappa shape index (κ1) is 11.7. The van der Waals surface area contributed by atoms with Crippen LogP contribution in [-0.4, -0.2) is 11.2 Å². The normalized spacial score (nSPS) is 26.9. The molecule has 1 heterocycles. The van der Waals surface area contributed by atoms with Crippen molar-refractivity contribution < 1.29 is 13.2 Å². The topological polar surface area (TPSA) is 38.9 Å². The van der Waals surface area contributed by atoms with E-state index < -0.39 is 12.1 Å². The summed E-state index contributed by atoms with van der Waals surface area (Å²) < 4.78 is 37.8. The molecule has 1 aromatic heterocycles. The van der Waals surface area contributed by atoms with Crippen LogP contribution in [0, 0.1) is 5.92 Å². The van der Waals surface area contributed by atoms with Crippen molar-refractivity contribution in [1.82, 2.24) is 4.98 Å². The van der Waals surface area contributed by atoms with Gasteiger partial charge in [0, 0.05) is 11.3 Å². The van der Waals surface area contributed by atoms with E-state index in [2.05, 4.69) is 4.98 Å². The number of halogens is 3. The van der Waals surface area contributed by atoms with E-state index in [9.17, 15) is 13.2 Å². The molecule has 0 amide bonds. The number of anilines is 1. The number of aromatic nitrogens is 1. The molecule has 2 N–H and O–H groups in total. The van der Waals surface area contributed by atoms with Crippen molar-refractivity contribution in [1.29, 1.82) is 0 Å². The van der Waals surface area contributed by atoms with Gasteiger partial charge < -0.3 is 5.73 Å². The fourth-order valence-electron chi connectivity index (χ4n) is 2.24. The van der Waals surface area contributed by atoms with E-state index in [4.69, 9.17) is 5.73 Å². The second kappa shape index (κ2) is 4.24. The van der Waals surface area contributed by atoms with Gasteiger partial charge in [0.1, 0.15) is 0 Å². The van der Waals surface area contributed by atoms with Crippen molar-refractivity contribution in [2.45, 2.75) is 37.8 Å². The third kappa shape index (κ3) is 2.48. The molecule has 6 heteroatoms. The Balaban J connectivity index is 2.07. The van der Waals surface area contributed by atoms with E-state index in [1.807, 2.05) is 0 Å². The Kier molecular flexibility index (Phi) is 3.10. The number of nitrogen functional groups attached to an aromatic ring is 1. The number of rotatable bonds is 1. The molecule has 2 nitrogen and oxygen atoms in total. The van der Waals surface area contributed by atoms with Gasteiger partial charge >= 0.3 is 6.18 Å². The number of nitrogens with zero attached hydrogens (tertiary/aromatic N) is 1. The summed E-state index contributed by atoms with van der Waals surface area (Å²) in [5.41, 5.74) is 6.22. The van der Waals surface area contributed by atoms with Crippen LogP contribution in [0.5, 0.6) is 0 Å². The van der Waals surface area contributed by atoms with Gasteiger partial charge in [-0.3, -0.25) is 0 Å². The predicted molar refractivity (Wildman–Crippen MR) is 57.3 cm³/mol. The van der Waals surface area contributed by atoms with Crippen molar-refractivity contribution in [2.75, 3.05) is 5.73 Å². The molecule has 0 saturated heterocycles. The summed E-state index contributed by atoms with van der Waals surface area (Å²) in [6.45, 7) is 0. The molecular formula is C10H13F3N2S. The molecule has 0 spiro atoms. The van der Waals surface area contributed by atoms with E-state index >= 15 is 0 Å². The average Bonchev–Trinajstić information content (AvgIpc) is 2.64. The first-order valence-electron chi connectivity index (χ1n) is 5.24. The Morgan fingerprint density at radius 3 is 2.69 bits per heavy atom. The zero-order chi connectivity index (χ0) is 11.8. The van der Waals surface area contributed by atoms with Gasteiger partial charge in [-0.1, -0.05) is 6.42 Å². The summed E-state index contributed by atoms with van der Waals surface area (Å²) in [5, 5.41) is 2.21. The van der Waals surface area contributed by atoms with Crippen LogP contribution in [-0.2, 0) is 0 Å². The number of alkyl halides is 3. The fraction of sp³-hybridized carbons (Fsp3) is 0.700. The molecule has 90 valence electrons. The van der Waals surface area contributed by atoms with Gasteiger partial charge in [0.25, 0.3) is 0 Å². The highest BCUT2D eigenvalue weighted by Gasteiger charge is 2.42. The second-order valence-electron chi connectivity index (χ2n) is 4.21. The van der Waals surface area contributed by atoms with Crippen LogP contribution >= 0.6 is 11.3 Å². The molecule has 0 unspecified atom stereocenters. The molecule has 0 radical (unpaired) electrons. The van der Waals surface area contributed by atoms with Gasteiger partial charge in [-0.05, 0) is 19.3 Å². The van der Waals surface area contributed by atoms with E-state index in [1.54, 1.807) is 5.38 Å². The van der Waals surface area contributed by atoms with Crippen LogP contribution in [0.3, 0.4) is 0 Å². The number of hydrogen-bond donors (Lipinski definition) is 1. The Morgan fingerprint density at radius 2 is 2.12 bits per heavy atom. The maximum Gasteiger partial charge on any atom is 0.391 e. The first-order chi connectivity index (χ1) is 7.47. The SMILES string of the molecule is Nc1nc([C@@H]2CCC[C@H](C(F)(F)F)C2)cs1. The Labute approximate surface area is 95.7 Å². The third-order valence-electron chi connectivity index (χ3n) is 3.10. The van der Waals surface area contributed by atoms with Crippen LogP contribution in [0.15, 0.2) is 5.38 Å². The second-order valence-corrected chi connectivity index (χ2v) is 5.10. The van der Waals surface area contributed by atoms with Gasteiger partial charge in [0.2, 0.25) is 0 Å². The molecule has 0 aliphatic heterocycles. The maximum absolute atomic E-state index is 12.6. The van der Waals surface area contributed by atoms with Gasteiger partial charge in [-0.25, -0.2) is 4.98 Å². The summed E-state index contributed by atoms with van der Waals surface area (Å²) in [6.07, 6.45) is -2.26. The van der Waals surface area contributed by atoms with Crippen LogP contribution in [0.2, 0.25) is 0 Å². The van der Waals surface area contributed by atoms with Gasteiger partial charge in [-0.2, -0.15) is 13.2 Å². The highest BCUT2D eigenvalue weighted by molar-refractivity contribution is 7.13. The summed E-state index contributed by atoms with van der Waals surface area (Å²) in [5.74, 6) is -1.25. The molecular weight excluding hydrogens is 237 g/mol. The Hall–Kier alpha value is -0.780. The molecule has 1 aliphatic rings. The average molecular weight is 250 g/mol. The highest BCUT2D eigenvalue weighted by Crippen LogP contribution is 2.43. The largest absolute Gasteiger partial charge is 0.391 e. The minimum Gasteiger partial charge on any atom is -0.375 e. The lowest BCUT2D eigenvalue weighted by Gasteiger charge is -2.29. The van der Waals surface area contributed by atoms with E-state index in [1.165, 1.54) is 11.3 Å². The minimum atomic E-state index is -4.07. The van der Waals surface area contributed by atoms with E-state index in [0.29, 0.717) is 11.6 Å². The lowest BCUT2D eigenvalue weighted by atomic mass is 9.80. The van der Waals surface area contributed by atoms with Crippen LogP contribution in [0.4, 0.5) is 18.3 Å². The molecule has 2 rings (SSSR count). The van der Waals surface area contributed by atoms with Crippen LogP contribution in [0.25, 0.3) is 0 Å². The lowest BCUT2D eigenvalue weighted by molar-refractivity contribution is -0.183. The predicted octanol–water partition coefficient (Wildman–Crippen LogP) is 3.56. The minimum absolute atomic E-state index is 0.0751. The van der Waals surface area contributed by atoms with Gasteiger partial charge in [0.15, 0.2) is 5.13 Å². The number of hydrogen-bond acceptors (Lipinski definition) is 3. The lowest BCUT2D eigenvalue weighted by Crippen LogP contribution is -2.28. The zero-order valence-electron chi connectivity index (χ0n) is 8.63. The maximum atomic E-state index is 12.6. The summed E-state index contributed by atoms with van der Waals surface area (Å²) in [6, 6.07) is 0. The van der Waals surface area contributed by atoms with Crippen molar-refractivity contribution in [3.8, 4) is 0 Å². The number of nitrogens with two attached hydrogens (primary N) is 1. The van der Waals surface area contributed by atoms with Crippen molar-refractivity contribution >= 4 is 16.5 Å². The van der Waals surface area contributed by atoms with Gasteiger partial charge in [0.05, 0.1) is 11.6 Å². The Bertz CT molecular complexity index is 361. The van der Waals surface area contributed by atoms with Crippen molar-refractivity contribution in [2.24, 2.45) is 5.92 Å². The fourth-order valence-corrected chi connectivity index (χ4v) is 2.89. The first-order valence-corrected chi connectivity index (χ1v) is 6.12. The molecule has 0 bridgehead atoms. The molecule has 0 aromatic carbocycles. The summed E-state index contributed by atoms with van der Waals surface area (Å²) in [7, 11) is 0. The summed E-state index contributed by atoms with van der Waals surface area (Å²) >= 11 is 1.29. The van der Waals surface area contributed by atoms with Crippen LogP contribution in [0.1, 0.15) is 37.3 Å². The summed E-state index contributed by atoms with van der Waals surface area (Å²) in [4.78, 5) is 4.08. The van der Waals surface area contributed by atoms with Gasteiger partial charge in [-0.15, -0.1) is 11.3 Å². The molecule has 1 aromatic rings. The van der Waals surface area contributed by atoms with E-state index in [0.717, 1.165) is 12.1 Å². The monoisotopic (exact) mass is 250 g/mol. The van der Waals surface area contributed by atoms with Crippen molar-refractivity contribution in [3.63, 3.8) is 0 Å². The third-order valence-corrected chi connectivity index (χ3v) is 3.79. The molecule has 1 aliphatic carbocycles. The molecule has 1 saturated carbocycles. The van der Waals surface area contributed by atoms with Crippen LogP contribution < -0.4 is 5.73 Å². The smallest absolute Gasteiger partial charge is 0.375 e. The zero-order valence-corrected chi connectivity index (χ0v) is 9.44. The molecule has 2 atom stereocenters. The Morgan fingerprint density at radius 1 is 1.38 bits per heavy atom.